The second-order valence-electron chi connectivity index (χ2n) is 8.16. The number of halogens is 1. The topological polar surface area (TPSA) is 110 Å². The van der Waals surface area contributed by atoms with Crippen LogP contribution in [0.4, 0.5) is 0 Å². The summed E-state index contributed by atoms with van der Waals surface area (Å²) in [6.45, 7) is 1.96. The third-order valence-electron chi connectivity index (χ3n) is 5.60. The third-order valence-corrected chi connectivity index (χ3v) is 7.12. The molecular formula is C26H26ClN5O3S. The van der Waals surface area contributed by atoms with E-state index >= 15 is 0 Å². The first kappa shape index (κ1) is 25.4. The normalized spacial score (nSPS) is 17.0. The van der Waals surface area contributed by atoms with E-state index in [0.717, 1.165) is 16.8 Å². The SMILES string of the molecule is COc1ccc(S(=O)(=O)/N=C(/N=C(\C)N)N2CCC(c3ccccc3)C(c3ccc(Cl)cc3)=N2)cc1. The summed E-state index contributed by atoms with van der Waals surface area (Å²) in [7, 11) is -2.58. The molecule has 1 aliphatic heterocycles. The fourth-order valence-corrected chi connectivity index (χ4v) is 4.92. The molecule has 0 saturated carbocycles. The molecule has 8 nitrogen and oxygen atoms in total. The molecular weight excluding hydrogens is 498 g/mol. The largest absolute Gasteiger partial charge is 0.497 e. The lowest BCUT2D eigenvalue weighted by Gasteiger charge is -2.30. The number of hydrazone groups is 1. The van der Waals surface area contributed by atoms with Crippen molar-refractivity contribution in [2.75, 3.05) is 13.7 Å². The lowest BCUT2D eigenvalue weighted by molar-refractivity contribution is 0.400. The summed E-state index contributed by atoms with van der Waals surface area (Å²) in [6, 6.07) is 23.4. The summed E-state index contributed by atoms with van der Waals surface area (Å²) in [4.78, 5) is 4.23. The van der Waals surface area contributed by atoms with E-state index in [1.807, 2.05) is 30.3 Å². The van der Waals surface area contributed by atoms with Crippen molar-refractivity contribution in [3.8, 4) is 5.75 Å². The minimum atomic E-state index is -4.09. The fraction of sp³-hybridized carbons (Fsp3) is 0.192. The summed E-state index contributed by atoms with van der Waals surface area (Å²) in [5.74, 6) is 0.580. The van der Waals surface area contributed by atoms with Crippen molar-refractivity contribution in [2.24, 2.45) is 20.2 Å². The lowest BCUT2D eigenvalue weighted by Crippen LogP contribution is -2.36. The molecule has 1 atom stereocenters. The van der Waals surface area contributed by atoms with E-state index < -0.39 is 10.0 Å². The molecule has 0 aromatic heterocycles. The van der Waals surface area contributed by atoms with Crippen LogP contribution in [0.5, 0.6) is 5.75 Å². The van der Waals surface area contributed by atoms with Crippen LogP contribution in [0.1, 0.15) is 30.4 Å². The molecule has 0 saturated heterocycles. The van der Waals surface area contributed by atoms with Crippen LogP contribution < -0.4 is 10.5 Å². The number of ether oxygens (including phenoxy) is 1. The monoisotopic (exact) mass is 523 g/mol. The number of aliphatic imine (C=N–C) groups is 1. The molecule has 3 aromatic carbocycles. The van der Waals surface area contributed by atoms with E-state index in [1.165, 1.54) is 24.3 Å². The van der Waals surface area contributed by atoms with Crippen molar-refractivity contribution < 1.29 is 13.2 Å². The van der Waals surface area contributed by atoms with Crippen molar-refractivity contribution in [1.29, 1.82) is 0 Å². The number of rotatable bonds is 5. The molecule has 186 valence electrons. The fourth-order valence-electron chi connectivity index (χ4n) is 3.86. The first-order valence-electron chi connectivity index (χ1n) is 11.2. The number of benzene rings is 3. The van der Waals surface area contributed by atoms with Gasteiger partial charge in [0.15, 0.2) is 0 Å². The van der Waals surface area contributed by atoms with Gasteiger partial charge in [0.1, 0.15) is 5.75 Å². The standard InChI is InChI=1S/C26H26ClN5O3S/c1-18(28)29-26(31-36(33,34)23-14-12-22(35-2)13-15-23)32-17-16-24(19-6-4-3-5-7-19)25(30-32)20-8-10-21(27)11-9-20/h3-15,24H,16-17H2,1-2H3,(H2,28,29,31). The van der Waals surface area contributed by atoms with Crippen molar-refractivity contribution in [1.82, 2.24) is 5.01 Å². The smallest absolute Gasteiger partial charge is 0.285 e. The number of amidine groups is 1. The molecule has 1 aliphatic rings. The Balaban J connectivity index is 1.79. The molecule has 1 heterocycles. The summed E-state index contributed by atoms with van der Waals surface area (Å²) >= 11 is 6.11. The van der Waals surface area contributed by atoms with E-state index in [-0.39, 0.29) is 22.6 Å². The lowest BCUT2D eigenvalue weighted by atomic mass is 9.86. The molecule has 0 amide bonds. The molecule has 0 aliphatic carbocycles. The van der Waals surface area contributed by atoms with Gasteiger partial charge in [0, 0.05) is 17.5 Å². The summed E-state index contributed by atoms with van der Waals surface area (Å²) in [6.07, 6.45) is 0.659. The van der Waals surface area contributed by atoms with Crippen LogP contribution in [0, 0.1) is 0 Å². The molecule has 3 aromatic rings. The molecule has 2 N–H and O–H groups in total. The molecule has 4 rings (SSSR count). The van der Waals surface area contributed by atoms with Crippen molar-refractivity contribution in [3.05, 3.63) is 95.0 Å². The van der Waals surface area contributed by atoms with Crippen LogP contribution in [0.2, 0.25) is 5.02 Å². The van der Waals surface area contributed by atoms with E-state index in [1.54, 1.807) is 31.2 Å². The molecule has 10 heteroatoms. The van der Waals surface area contributed by atoms with Gasteiger partial charge in [-0.25, -0.2) is 5.01 Å². The van der Waals surface area contributed by atoms with Gasteiger partial charge in [-0.05, 0) is 60.9 Å². The summed E-state index contributed by atoms with van der Waals surface area (Å²) < 4.78 is 35.4. The molecule has 0 spiro atoms. The third kappa shape index (κ3) is 5.92. The Labute approximate surface area is 215 Å². The van der Waals surface area contributed by atoms with Crippen LogP contribution >= 0.6 is 11.6 Å². The Bertz CT molecular complexity index is 1400. The van der Waals surface area contributed by atoms with E-state index in [4.69, 9.17) is 27.2 Å². The summed E-state index contributed by atoms with van der Waals surface area (Å²) in [5.41, 5.74) is 8.57. The Morgan fingerprint density at radius 1 is 1.06 bits per heavy atom. The maximum absolute atomic E-state index is 13.1. The van der Waals surface area contributed by atoms with Gasteiger partial charge in [-0.2, -0.15) is 18.5 Å². The van der Waals surface area contributed by atoms with Crippen LogP contribution in [-0.4, -0.2) is 44.6 Å². The highest BCUT2D eigenvalue weighted by molar-refractivity contribution is 7.90. The number of hydrogen-bond acceptors (Lipinski definition) is 4. The van der Waals surface area contributed by atoms with Gasteiger partial charge in [-0.1, -0.05) is 54.1 Å². The second-order valence-corrected chi connectivity index (χ2v) is 10.2. The average Bonchev–Trinajstić information content (AvgIpc) is 2.88. The highest BCUT2D eigenvalue weighted by Gasteiger charge is 2.29. The number of nitrogens with two attached hydrogens (primary N) is 1. The Morgan fingerprint density at radius 2 is 1.72 bits per heavy atom. The van der Waals surface area contributed by atoms with E-state index in [9.17, 15) is 8.42 Å². The van der Waals surface area contributed by atoms with Gasteiger partial charge >= 0.3 is 0 Å². The van der Waals surface area contributed by atoms with Gasteiger partial charge in [-0.15, -0.1) is 4.40 Å². The van der Waals surface area contributed by atoms with E-state index in [2.05, 4.69) is 21.5 Å². The zero-order valence-corrected chi connectivity index (χ0v) is 21.4. The predicted octanol–water partition coefficient (Wildman–Crippen LogP) is 4.66. The predicted molar refractivity (Wildman–Crippen MR) is 143 cm³/mol. The summed E-state index contributed by atoms with van der Waals surface area (Å²) in [5, 5.41) is 6.92. The Hall–Kier alpha value is -3.69. The first-order chi connectivity index (χ1) is 17.3. The van der Waals surface area contributed by atoms with Gasteiger partial charge in [0.2, 0.25) is 0 Å². The van der Waals surface area contributed by atoms with Crippen molar-refractivity contribution in [3.63, 3.8) is 0 Å². The zero-order chi connectivity index (χ0) is 25.7. The van der Waals surface area contributed by atoms with Crippen LogP contribution in [0.3, 0.4) is 0 Å². The molecule has 0 fully saturated rings. The van der Waals surface area contributed by atoms with Crippen LogP contribution in [0.25, 0.3) is 0 Å². The minimum absolute atomic E-state index is 0.00625. The second kappa shape index (κ2) is 10.9. The highest BCUT2D eigenvalue weighted by atomic mass is 35.5. The molecule has 0 bridgehead atoms. The molecule has 0 radical (unpaired) electrons. The van der Waals surface area contributed by atoms with Gasteiger partial charge < -0.3 is 10.5 Å². The maximum atomic E-state index is 13.1. The molecule has 36 heavy (non-hydrogen) atoms. The van der Waals surface area contributed by atoms with E-state index in [0.29, 0.717) is 23.7 Å². The number of nitrogens with zero attached hydrogens (tertiary/aromatic N) is 4. The van der Waals surface area contributed by atoms with Crippen LogP contribution in [0.15, 0.2) is 98.2 Å². The number of guanidine groups is 1. The zero-order valence-electron chi connectivity index (χ0n) is 19.9. The quantitative estimate of drug-likeness (QED) is 0.386. The van der Waals surface area contributed by atoms with Crippen molar-refractivity contribution in [2.45, 2.75) is 24.2 Å². The minimum Gasteiger partial charge on any atom is -0.497 e. The van der Waals surface area contributed by atoms with Crippen molar-refractivity contribution >= 4 is 39.1 Å². The Morgan fingerprint density at radius 3 is 2.33 bits per heavy atom. The van der Waals surface area contributed by atoms with Crippen LogP contribution in [-0.2, 0) is 10.0 Å². The number of methoxy groups -OCH3 is 1. The Kier molecular flexibility index (Phi) is 7.71. The number of sulfonamides is 1. The van der Waals surface area contributed by atoms with Gasteiger partial charge in [0.05, 0.1) is 23.6 Å². The van der Waals surface area contributed by atoms with Gasteiger partial charge in [0.25, 0.3) is 16.0 Å². The van der Waals surface area contributed by atoms with Gasteiger partial charge in [-0.3, -0.25) is 0 Å². The number of hydrogen-bond donors (Lipinski definition) is 1. The maximum Gasteiger partial charge on any atom is 0.285 e. The molecule has 1 unspecified atom stereocenters. The average molecular weight is 524 g/mol. The highest BCUT2D eigenvalue weighted by Crippen LogP contribution is 2.30. The first-order valence-corrected chi connectivity index (χ1v) is 13.1.